The number of imide groups is 1. The van der Waals surface area contributed by atoms with Crippen LogP contribution in [0.15, 0.2) is 54.7 Å². The van der Waals surface area contributed by atoms with Crippen molar-refractivity contribution in [1.82, 2.24) is 24.3 Å². The SMILES string of the molecule is [2H]C([2H])(c1ccc(C)c(C)n1)N1CCC(n2cc(C3=C(c4c(C)n(CC)c5ccccc45)C(=O)NC3=O)c3cc(C)c(C)cc32)C(C)C1(C)C. The molecule has 248 valence electrons. The lowest BCUT2D eigenvalue weighted by Gasteiger charge is -2.51. The smallest absolute Gasteiger partial charge is 0.259 e. The summed E-state index contributed by atoms with van der Waals surface area (Å²) in [5.41, 5.74) is 9.39. The van der Waals surface area contributed by atoms with Gasteiger partial charge in [0, 0.05) is 84.4 Å². The lowest BCUT2D eigenvalue weighted by Crippen LogP contribution is -2.55. The predicted molar refractivity (Wildman–Crippen MR) is 195 cm³/mol. The van der Waals surface area contributed by atoms with Gasteiger partial charge in [0.1, 0.15) is 0 Å². The normalized spacial score (nSPS) is 20.9. The molecule has 1 N–H and O–H groups in total. The molecule has 1 fully saturated rings. The number of aromatic nitrogens is 3. The largest absolute Gasteiger partial charge is 0.345 e. The van der Waals surface area contributed by atoms with Gasteiger partial charge in [-0.2, -0.15) is 0 Å². The van der Waals surface area contributed by atoms with Crippen molar-refractivity contribution in [3.8, 4) is 0 Å². The van der Waals surface area contributed by atoms with Gasteiger partial charge in [0.15, 0.2) is 0 Å². The molecule has 0 saturated carbocycles. The van der Waals surface area contributed by atoms with E-state index >= 15 is 0 Å². The highest BCUT2D eigenvalue weighted by Gasteiger charge is 2.43. The standard InChI is InChI=1S/C41H47N5O2/c1-10-45-28(7)36(30-13-11-12-14-34(30)45)38-37(39(47)43-40(38)48)32-22-46(35-20-25(4)24(3)19-31(32)35)33-17-18-44(41(8,9)26(33)5)21-29-16-15-23(2)27(6)42-29/h11-16,19-20,22,26,33H,10,17-18,21H2,1-9H3,(H,43,47,48)/i21D2. The summed E-state index contributed by atoms with van der Waals surface area (Å²) in [5, 5.41) is 4.54. The summed E-state index contributed by atoms with van der Waals surface area (Å²) in [6, 6.07) is 16.2. The van der Waals surface area contributed by atoms with Crippen LogP contribution in [0, 0.1) is 40.5 Å². The minimum atomic E-state index is -1.77. The van der Waals surface area contributed by atoms with Gasteiger partial charge < -0.3 is 9.13 Å². The predicted octanol–water partition coefficient (Wildman–Crippen LogP) is 7.98. The van der Waals surface area contributed by atoms with Crippen molar-refractivity contribution in [3.05, 3.63) is 99.6 Å². The molecule has 0 bridgehead atoms. The van der Waals surface area contributed by atoms with Crippen LogP contribution < -0.4 is 5.32 Å². The number of likely N-dealkylation sites (tertiary alicyclic amines) is 1. The fourth-order valence-corrected chi connectivity index (χ4v) is 8.01. The van der Waals surface area contributed by atoms with Crippen LogP contribution in [-0.4, -0.2) is 42.9 Å². The lowest BCUT2D eigenvalue weighted by atomic mass is 9.76. The van der Waals surface area contributed by atoms with E-state index in [1.54, 1.807) is 0 Å². The van der Waals surface area contributed by atoms with E-state index in [1.807, 2.05) is 56.0 Å². The summed E-state index contributed by atoms with van der Waals surface area (Å²) in [5.74, 6) is -0.741. The monoisotopic (exact) mass is 643 g/mol. The average molecular weight is 644 g/mol. The number of hydrogen-bond donors (Lipinski definition) is 1. The van der Waals surface area contributed by atoms with Crippen LogP contribution in [0.4, 0.5) is 0 Å². The summed E-state index contributed by atoms with van der Waals surface area (Å²) >= 11 is 0. The first-order valence-corrected chi connectivity index (χ1v) is 17.1. The molecule has 0 radical (unpaired) electrons. The van der Waals surface area contributed by atoms with E-state index in [9.17, 15) is 12.3 Å². The van der Waals surface area contributed by atoms with Gasteiger partial charge in [0.05, 0.1) is 16.8 Å². The van der Waals surface area contributed by atoms with Gasteiger partial charge >= 0.3 is 0 Å². The zero-order valence-electron chi connectivity index (χ0n) is 31.6. The van der Waals surface area contributed by atoms with Crippen LogP contribution in [0.2, 0.25) is 0 Å². The van der Waals surface area contributed by atoms with E-state index in [0.29, 0.717) is 29.8 Å². The zero-order valence-corrected chi connectivity index (χ0v) is 29.6. The summed E-state index contributed by atoms with van der Waals surface area (Å²) in [7, 11) is 0. The van der Waals surface area contributed by atoms with E-state index in [4.69, 9.17) is 0 Å². The molecule has 5 heterocycles. The number of benzene rings is 2. The Morgan fingerprint density at radius 2 is 1.62 bits per heavy atom. The molecule has 2 unspecified atom stereocenters. The topological polar surface area (TPSA) is 72.2 Å². The van der Waals surface area contributed by atoms with Gasteiger partial charge in [-0.25, -0.2) is 0 Å². The highest BCUT2D eigenvalue weighted by molar-refractivity contribution is 6.51. The first kappa shape index (κ1) is 29.6. The van der Waals surface area contributed by atoms with Gasteiger partial charge in [-0.1, -0.05) is 31.2 Å². The van der Waals surface area contributed by atoms with Crippen LogP contribution in [0.25, 0.3) is 33.0 Å². The molecule has 2 amide bonds. The number of rotatable bonds is 6. The number of aryl methyl sites for hydroxylation is 5. The van der Waals surface area contributed by atoms with Crippen LogP contribution in [0.3, 0.4) is 0 Å². The van der Waals surface area contributed by atoms with E-state index in [2.05, 4.69) is 85.4 Å². The van der Waals surface area contributed by atoms with Crippen molar-refractivity contribution in [2.75, 3.05) is 6.54 Å². The van der Waals surface area contributed by atoms with E-state index in [-0.39, 0.29) is 23.8 Å². The van der Waals surface area contributed by atoms with Gasteiger partial charge in [-0.3, -0.25) is 24.8 Å². The fraction of sp³-hybridized carbons (Fsp3) is 0.390. The van der Waals surface area contributed by atoms with Crippen molar-refractivity contribution in [1.29, 1.82) is 0 Å². The van der Waals surface area contributed by atoms with Crippen molar-refractivity contribution in [2.24, 2.45) is 5.92 Å². The molecule has 5 aromatic rings. The summed E-state index contributed by atoms with van der Waals surface area (Å²) in [4.78, 5) is 34.4. The Balaban J connectivity index is 1.40. The number of hydrogen-bond acceptors (Lipinski definition) is 4. The number of piperidine rings is 1. The zero-order chi connectivity index (χ0) is 36.0. The minimum absolute atomic E-state index is 0.0103. The van der Waals surface area contributed by atoms with Gasteiger partial charge in [-0.05, 0) is 109 Å². The maximum Gasteiger partial charge on any atom is 0.259 e. The third-order valence-corrected chi connectivity index (χ3v) is 11.4. The Morgan fingerprint density at radius 3 is 2.35 bits per heavy atom. The van der Waals surface area contributed by atoms with Crippen molar-refractivity contribution in [2.45, 2.75) is 93.4 Å². The van der Waals surface area contributed by atoms with Gasteiger partial charge in [-0.15, -0.1) is 0 Å². The van der Waals surface area contributed by atoms with Gasteiger partial charge in [0.2, 0.25) is 0 Å². The molecular weight excluding hydrogens is 594 g/mol. The molecule has 2 aliphatic rings. The molecule has 0 aliphatic carbocycles. The quantitative estimate of drug-likeness (QED) is 0.191. The highest BCUT2D eigenvalue weighted by Crippen LogP contribution is 2.46. The van der Waals surface area contributed by atoms with Crippen LogP contribution in [0.1, 0.15) is 87.8 Å². The van der Waals surface area contributed by atoms with Crippen LogP contribution in [0.5, 0.6) is 0 Å². The first-order valence-electron chi connectivity index (χ1n) is 18.1. The third kappa shape index (κ3) is 4.85. The fourth-order valence-electron chi connectivity index (χ4n) is 8.01. The first-order chi connectivity index (χ1) is 23.6. The molecule has 1 saturated heterocycles. The number of para-hydroxylation sites is 1. The Labute approximate surface area is 286 Å². The second-order valence-corrected chi connectivity index (χ2v) is 14.3. The highest BCUT2D eigenvalue weighted by atomic mass is 16.2. The molecule has 7 nitrogen and oxygen atoms in total. The number of nitrogens with one attached hydrogen (secondary N) is 1. The summed E-state index contributed by atoms with van der Waals surface area (Å²) in [6.07, 6.45) is 2.78. The Kier molecular flexibility index (Phi) is 7.15. The molecule has 48 heavy (non-hydrogen) atoms. The number of nitrogens with zero attached hydrogens (tertiary/aromatic N) is 4. The number of amides is 2. The molecule has 2 aromatic carbocycles. The molecule has 3 aromatic heterocycles. The maximum atomic E-state index is 13.9. The number of pyridine rings is 1. The van der Waals surface area contributed by atoms with Crippen molar-refractivity contribution < 1.29 is 12.3 Å². The van der Waals surface area contributed by atoms with Gasteiger partial charge in [0.25, 0.3) is 11.8 Å². The number of fused-ring (bicyclic) bond motifs is 2. The number of carbonyl (C=O) groups is 2. The second-order valence-electron chi connectivity index (χ2n) is 14.3. The van der Waals surface area contributed by atoms with E-state index in [1.165, 1.54) is 0 Å². The number of carbonyl (C=O) groups excluding carboxylic acids is 2. The Hall–Kier alpha value is -4.49. The van der Waals surface area contributed by atoms with E-state index < -0.39 is 12.0 Å². The summed E-state index contributed by atoms with van der Waals surface area (Å²) in [6.45, 7) is 18.2. The maximum absolute atomic E-state index is 13.9. The Bertz CT molecular complexity index is 2270. The summed E-state index contributed by atoms with van der Waals surface area (Å²) < 4.78 is 23.1. The van der Waals surface area contributed by atoms with E-state index in [0.717, 1.165) is 67.6 Å². The van der Waals surface area contributed by atoms with Crippen LogP contribution >= 0.6 is 0 Å². The lowest BCUT2D eigenvalue weighted by molar-refractivity contribution is -0.122. The minimum Gasteiger partial charge on any atom is -0.345 e. The molecule has 7 heteroatoms. The molecule has 2 atom stereocenters. The van der Waals surface area contributed by atoms with Crippen molar-refractivity contribution in [3.63, 3.8) is 0 Å². The molecular formula is C41H47N5O2. The third-order valence-electron chi connectivity index (χ3n) is 11.4. The van der Waals surface area contributed by atoms with Crippen molar-refractivity contribution >= 4 is 44.8 Å². The molecule has 0 spiro atoms. The molecule has 2 aliphatic heterocycles. The van der Waals surface area contributed by atoms with Crippen LogP contribution in [-0.2, 0) is 22.6 Å². The molecule has 7 rings (SSSR count). The average Bonchev–Trinajstić information content (AvgIpc) is 3.65. The Morgan fingerprint density at radius 1 is 0.917 bits per heavy atom. The second kappa shape index (κ2) is 11.6.